The maximum Gasteiger partial charge on any atom is 0.271 e. The van der Waals surface area contributed by atoms with E-state index >= 15 is 0 Å². The van der Waals surface area contributed by atoms with Crippen LogP contribution in [0.3, 0.4) is 0 Å². The first-order valence-corrected chi connectivity index (χ1v) is 6.99. The Labute approximate surface area is 128 Å². The Morgan fingerprint density at radius 2 is 1.95 bits per heavy atom. The lowest BCUT2D eigenvalue weighted by Gasteiger charge is -2.20. The fourth-order valence-electron chi connectivity index (χ4n) is 2.09. The number of hydrogen-bond acceptors (Lipinski definition) is 4. The highest BCUT2D eigenvalue weighted by atomic mass is 19.1. The third kappa shape index (κ3) is 3.58. The number of aromatic nitrogens is 2. The summed E-state index contributed by atoms with van der Waals surface area (Å²) >= 11 is 0. The molecular weight excluding hydrogens is 285 g/mol. The normalized spacial score (nSPS) is 11.7. The van der Waals surface area contributed by atoms with Crippen molar-refractivity contribution in [3.63, 3.8) is 0 Å². The summed E-state index contributed by atoms with van der Waals surface area (Å²) in [4.78, 5) is 12.5. The summed E-state index contributed by atoms with van der Waals surface area (Å²) in [6.45, 7) is 4.22. The molecule has 0 aliphatic carbocycles. The number of methoxy groups -OCH3 is 1. The van der Waals surface area contributed by atoms with Crippen molar-refractivity contribution in [3.8, 4) is 11.3 Å². The van der Waals surface area contributed by atoms with Crippen molar-refractivity contribution in [1.82, 2.24) is 9.78 Å². The summed E-state index contributed by atoms with van der Waals surface area (Å²) in [5.74, 6) is -0.323. The summed E-state index contributed by atoms with van der Waals surface area (Å²) < 4.78 is 19.4. The molecule has 22 heavy (non-hydrogen) atoms. The number of halogens is 1. The molecule has 2 aromatic rings. The topological polar surface area (TPSA) is 70.1 Å². The number of nitrogens with two attached hydrogens (primary N) is 1. The van der Waals surface area contributed by atoms with Gasteiger partial charge in [-0.15, -0.1) is 0 Å². The molecule has 6 heteroatoms. The standard InChI is InChI=1S/C16H20FN3O2/c1-16(2,18)13-10-14(11-4-6-12(17)7-5-11)19-20(15(13)21)8-9-22-3/h4-7,10H,8-9,18H2,1-3H3. The van der Waals surface area contributed by atoms with Crippen LogP contribution in [0.5, 0.6) is 0 Å². The summed E-state index contributed by atoms with van der Waals surface area (Å²) in [7, 11) is 1.56. The van der Waals surface area contributed by atoms with Gasteiger partial charge in [0.1, 0.15) is 5.82 Å². The predicted molar refractivity (Wildman–Crippen MR) is 83.0 cm³/mol. The molecule has 0 atom stereocenters. The van der Waals surface area contributed by atoms with Gasteiger partial charge in [-0.05, 0) is 44.2 Å². The van der Waals surface area contributed by atoms with Gasteiger partial charge in [0.15, 0.2) is 0 Å². The van der Waals surface area contributed by atoms with Gasteiger partial charge in [0.05, 0.1) is 18.8 Å². The van der Waals surface area contributed by atoms with Crippen molar-refractivity contribution in [2.45, 2.75) is 25.9 Å². The van der Waals surface area contributed by atoms with Gasteiger partial charge in [0, 0.05) is 23.8 Å². The molecule has 2 rings (SSSR count). The molecule has 0 radical (unpaired) electrons. The first-order valence-electron chi connectivity index (χ1n) is 6.99. The maximum atomic E-state index is 13.1. The van der Waals surface area contributed by atoms with E-state index in [4.69, 9.17) is 10.5 Å². The Morgan fingerprint density at radius 3 is 2.50 bits per heavy atom. The summed E-state index contributed by atoms with van der Waals surface area (Å²) in [6, 6.07) is 7.62. The molecule has 2 N–H and O–H groups in total. The molecule has 0 unspecified atom stereocenters. The highest BCUT2D eigenvalue weighted by molar-refractivity contribution is 5.59. The Bertz CT molecular complexity index is 703. The molecule has 0 fully saturated rings. The Morgan fingerprint density at radius 1 is 1.32 bits per heavy atom. The summed E-state index contributed by atoms with van der Waals surface area (Å²) in [5, 5.41) is 4.33. The molecule has 0 amide bonds. The molecule has 1 heterocycles. The van der Waals surface area contributed by atoms with Gasteiger partial charge in [0.25, 0.3) is 5.56 Å². The van der Waals surface area contributed by atoms with Crippen molar-refractivity contribution in [3.05, 3.63) is 52.1 Å². The lowest BCUT2D eigenvalue weighted by Crippen LogP contribution is -2.39. The first kappa shape index (κ1) is 16.3. The molecule has 5 nitrogen and oxygen atoms in total. The minimum absolute atomic E-state index is 0.240. The lowest BCUT2D eigenvalue weighted by atomic mass is 9.96. The van der Waals surface area contributed by atoms with Crippen LogP contribution in [0.1, 0.15) is 19.4 Å². The van der Waals surface area contributed by atoms with Crippen LogP contribution < -0.4 is 11.3 Å². The Balaban J connectivity index is 2.59. The van der Waals surface area contributed by atoms with E-state index in [0.717, 1.165) is 5.56 Å². The van der Waals surface area contributed by atoms with Crippen molar-refractivity contribution in [2.75, 3.05) is 13.7 Å². The molecule has 0 spiro atoms. The third-order valence-corrected chi connectivity index (χ3v) is 3.32. The fraction of sp³-hybridized carbons (Fsp3) is 0.375. The molecule has 0 saturated heterocycles. The predicted octanol–water partition coefficient (Wildman–Crippen LogP) is 1.89. The number of rotatable bonds is 5. The highest BCUT2D eigenvalue weighted by Crippen LogP contribution is 2.21. The van der Waals surface area contributed by atoms with Crippen LogP contribution in [0.15, 0.2) is 35.1 Å². The van der Waals surface area contributed by atoms with Crippen LogP contribution in [-0.4, -0.2) is 23.5 Å². The SMILES string of the molecule is COCCn1nc(-c2ccc(F)cc2)cc(C(C)(C)N)c1=O. The fourth-order valence-corrected chi connectivity index (χ4v) is 2.09. The van der Waals surface area contributed by atoms with E-state index < -0.39 is 5.54 Å². The Kier molecular flexibility index (Phi) is 4.73. The smallest absolute Gasteiger partial charge is 0.271 e. The quantitative estimate of drug-likeness (QED) is 0.916. The van der Waals surface area contributed by atoms with E-state index in [1.165, 1.54) is 16.8 Å². The van der Waals surface area contributed by atoms with Crippen LogP contribution in [0.4, 0.5) is 4.39 Å². The largest absolute Gasteiger partial charge is 0.383 e. The second-order valence-electron chi connectivity index (χ2n) is 5.69. The van der Waals surface area contributed by atoms with Gasteiger partial charge < -0.3 is 10.5 Å². The number of hydrogen-bond donors (Lipinski definition) is 1. The van der Waals surface area contributed by atoms with Crippen LogP contribution in [0.25, 0.3) is 11.3 Å². The zero-order chi connectivity index (χ0) is 16.3. The van der Waals surface area contributed by atoms with Gasteiger partial charge in [-0.1, -0.05) is 0 Å². The molecule has 0 aliphatic heterocycles. The van der Waals surface area contributed by atoms with E-state index in [-0.39, 0.29) is 11.4 Å². The van der Waals surface area contributed by atoms with E-state index in [1.807, 2.05) is 0 Å². The van der Waals surface area contributed by atoms with Gasteiger partial charge in [0.2, 0.25) is 0 Å². The van der Waals surface area contributed by atoms with Crippen molar-refractivity contribution in [1.29, 1.82) is 0 Å². The minimum Gasteiger partial charge on any atom is -0.383 e. The van der Waals surface area contributed by atoms with Crippen LogP contribution in [0.2, 0.25) is 0 Å². The van der Waals surface area contributed by atoms with Gasteiger partial charge in [-0.3, -0.25) is 4.79 Å². The average Bonchev–Trinajstić information content (AvgIpc) is 2.46. The van der Waals surface area contributed by atoms with Gasteiger partial charge in [-0.25, -0.2) is 9.07 Å². The first-order chi connectivity index (χ1) is 10.3. The third-order valence-electron chi connectivity index (χ3n) is 3.32. The molecule has 0 saturated carbocycles. The van der Waals surface area contributed by atoms with Crippen LogP contribution in [-0.2, 0) is 16.8 Å². The molecule has 0 aliphatic rings. The molecular formula is C16H20FN3O2. The van der Waals surface area contributed by atoms with Crippen molar-refractivity contribution in [2.24, 2.45) is 5.73 Å². The zero-order valence-corrected chi connectivity index (χ0v) is 13.0. The molecule has 1 aromatic heterocycles. The molecule has 1 aromatic carbocycles. The van der Waals surface area contributed by atoms with Gasteiger partial charge in [-0.2, -0.15) is 5.10 Å². The van der Waals surface area contributed by atoms with Crippen LogP contribution in [0, 0.1) is 5.82 Å². The highest BCUT2D eigenvalue weighted by Gasteiger charge is 2.21. The summed E-state index contributed by atoms with van der Waals surface area (Å²) in [5.41, 5.74) is 6.80. The average molecular weight is 305 g/mol. The summed E-state index contributed by atoms with van der Waals surface area (Å²) in [6.07, 6.45) is 0. The van der Waals surface area contributed by atoms with E-state index in [1.54, 1.807) is 39.2 Å². The monoisotopic (exact) mass is 305 g/mol. The Hall–Kier alpha value is -2.05. The van der Waals surface area contributed by atoms with E-state index in [9.17, 15) is 9.18 Å². The lowest BCUT2D eigenvalue weighted by molar-refractivity contribution is 0.181. The number of nitrogens with zero attached hydrogens (tertiary/aromatic N) is 2. The van der Waals surface area contributed by atoms with E-state index in [2.05, 4.69) is 5.10 Å². The second-order valence-corrected chi connectivity index (χ2v) is 5.69. The molecule has 0 bridgehead atoms. The zero-order valence-electron chi connectivity index (χ0n) is 13.0. The second kappa shape index (κ2) is 6.37. The van der Waals surface area contributed by atoms with Crippen molar-refractivity contribution >= 4 is 0 Å². The van der Waals surface area contributed by atoms with Crippen LogP contribution >= 0.6 is 0 Å². The van der Waals surface area contributed by atoms with E-state index in [0.29, 0.717) is 24.4 Å². The maximum absolute atomic E-state index is 13.1. The minimum atomic E-state index is -0.802. The number of ether oxygens (including phenoxy) is 1. The van der Waals surface area contributed by atoms with Gasteiger partial charge >= 0.3 is 0 Å². The number of benzene rings is 1. The molecule has 118 valence electrons. The van der Waals surface area contributed by atoms with Crippen molar-refractivity contribution < 1.29 is 9.13 Å².